The number of aliphatic hydroxyl groups is 1. The summed E-state index contributed by atoms with van der Waals surface area (Å²) >= 11 is 0. The van der Waals surface area contributed by atoms with Gasteiger partial charge in [-0.3, -0.25) is 0 Å². The Morgan fingerprint density at radius 3 is 2.40 bits per heavy atom. The number of hydrogen-bond acceptors (Lipinski definition) is 3. The van der Waals surface area contributed by atoms with Crippen LogP contribution in [0.1, 0.15) is 66.7 Å². The molecule has 1 aliphatic rings. The smallest absolute Gasteiger partial charge is 0.206 e. The van der Waals surface area contributed by atoms with Gasteiger partial charge in [0.1, 0.15) is 0 Å². The highest BCUT2D eigenvalue weighted by Crippen LogP contribution is 2.46. The molecule has 0 unspecified atom stereocenters. The molecule has 1 aromatic rings. The Bertz CT molecular complexity index is 959. The lowest BCUT2D eigenvalue weighted by molar-refractivity contribution is 0.341. The van der Waals surface area contributed by atoms with E-state index in [1.54, 1.807) is 24.3 Å². The lowest BCUT2D eigenvalue weighted by Crippen LogP contribution is -2.25. The van der Waals surface area contributed by atoms with Crippen molar-refractivity contribution in [3.05, 3.63) is 75.8 Å². The predicted molar refractivity (Wildman–Crippen MR) is 126 cm³/mol. The maximum absolute atomic E-state index is 13.7. The summed E-state index contributed by atoms with van der Waals surface area (Å²) in [5.74, 6) is 0. The minimum atomic E-state index is -3.63. The summed E-state index contributed by atoms with van der Waals surface area (Å²) in [7, 11) is -3.63. The summed E-state index contributed by atoms with van der Waals surface area (Å²) in [5, 5.41) is 9.01. The fraction of sp³-hybridized carbons (Fsp3) is 0.462. The molecule has 1 aromatic carbocycles. The molecule has 0 spiro atoms. The van der Waals surface area contributed by atoms with Crippen LogP contribution in [0.4, 0.5) is 0 Å². The Hall–Kier alpha value is -1.91. The molecule has 1 N–H and O–H groups in total. The number of benzene rings is 1. The molecule has 0 fully saturated rings. The zero-order chi connectivity index (χ0) is 22.4. The van der Waals surface area contributed by atoms with Gasteiger partial charge in [-0.1, -0.05) is 60.9 Å². The third-order valence-electron chi connectivity index (χ3n) is 5.85. The van der Waals surface area contributed by atoms with E-state index in [9.17, 15) is 8.42 Å². The topological polar surface area (TPSA) is 54.4 Å². The Balaban J connectivity index is 2.55. The third-order valence-corrected chi connectivity index (χ3v) is 7.64. The number of allylic oxidation sites excluding steroid dienone is 6. The van der Waals surface area contributed by atoms with E-state index in [1.807, 2.05) is 32.1 Å². The van der Waals surface area contributed by atoms with Gasteiger partial charge < -0.3 is 5.11 Å². The molecule has 0 aromatic heterocycles. The minimum Gasteiger partial charge on any atom is -0.392 e. The predicted octanol–water partition coefficient (Wildman–Crippen LogP) is 6.54. The van der Waals surface area contributed by atoms with E-state index >= 15 is 0 Å². The van der Waals surface area contributed by atoms with Gasteiger partial charge in [0.2, 0.25) is 9.84 Å². The average molecular weight is 429 g/mol. The van der Waals surface area contributed by atoms with Crippen LogP contribution in [0.3, 0.4) is 0 Å². The van der Waals surface area contributed by atoms with Gasteiger partial charge in [0.25, 0.3) is 0 Å². The molecule has 0 bridgehead atoms. The molecule has 164 valence electrons. The van der Waals surface area contributed by atoms with Crippen LogP contribution in [0.25, 0.3) is 0 Å². The quantitative estimate of drug-likeness (QED) is 0.378. The fourth-order valence-corrected chi connectivity index (χ4v) is 6.06. The van der Waals surface area contributed by atoms with Crippen molar-refractivity contribution < 1.29 is 13.5 Å². The summed E-state index contributed by atoms with van der Waals surface area (Å²) in [6.45, 7) is 10.4. The number of aliphatic hydroxyl groups excluding tert-OH is 1. The summed E-state index contributed by atoms with van der Waals surface area (Å²) < 4.78 is 27.4. The van der Waals surface area contributed by atoms with Crippen molar-refractivity contribution in [2.45, 2.75) is 71.6 Å². The molecule has 1 aliphatic carbocycles. The van der Waals surface area contributed by atoms with Gasteiger partial charge in [-0.2, -0.15) is 0 Å². The first-order valence-electron chi connectivity index (χ1n) is 10.8. The Labute approximate surface area is 182 Å². The molecule has 0 atom stereocenters. The van der Waals surface area contributed by atoms with Gasteiger partial charge in [-0.05, 0) is 82.1 Å². The highest BCUT2D eigenvalue weighted by molar-refractivity contribution is 7.95. The van der Waals surface area contributed by atoms with E-state index in [4.69, 9.17) is 5.11 Å². The van der Waals surface area contributed by atoms with Crippen LogP contribution in [0.15, 0.2) is 80.7 Å². The molecular formula is C26H36O3S. The molecule has 0 radical (unpaired) electrons. The van der Waals surface area contributed by atoms with Gasteiger partial charge >= 0.3 is 0 Å². The Morgan fingerprint density at radius 1 is 1.13 bits per heavy atom. The summed E-state index contributed by atoms with van der Waals surface area (Å²) in [4.78, 5) is 0.778. The molecule has 0 amide bonds. The van der Waals surface area contributed by atoms with E-state index in [-0.39, 0.29) is 12.0 Å². The molecule has 0 saturated carbocycles. The van der Waals surface area contributed by atoms with E-state index in [0.717, 1.165) is 48.8 Å². The van der Waals surface area contributed by atoms with Gasteiger partial charge in [-0.15, -0.1) is 0 Å². The Morgan fingerprint density at radius 2 is 1.80 bits per heavy atom. The molecule has 0 heterocycles. The second-order valence-corrected chi connectivity index (χ2v) is 10.9. The number of hydrogen-bond donors (Lipinski definition) is 1. The van der Waals surface area contributed by atoms with E-state index in [2.05, 4.69) is 26.8 Å². The lowest BCUT2D eigenvalue weighted by Gasteiger charge is -2.35. The maximum atomic E-state index is 13.7. The molecule has 2 rings (SSSR count). The van der Waals surface area contributed by atoms with Crippen molar-refractivity contribution in [3.63, 3.8) is 0 Å². The van der Waals surface area contributed by atoms with Crippen LogP contribution in [-0.4, -0.2) is 20.1 Å². The highest BCUT2D eigenvalue weighted by atomic mass is 32.2. The summed E-state index contributed by atoms with van der Waals surface area (Å²) in [5.41, 5.74) is 4.04. The van der Waals surface area contributed by atoms with Crippen molar-refractivity contribution in [2.75, 3.05) is 6.61 Å². The zero-order valence-electron chi connectivity index (χ0n) is 19.0. The zero-order valence-corrected chi connectivity index (χ0v) is 19.8. The Kier molecular flexibility index (Phi) is 8.45. The molecule has 3 nitrogen and oxygen atoms in total. The molecule has 30 heavy (non-hydrogen) atoms. The highest BCUT2D eigenvalue weighted by Gasteiger charge is 2.36. The average Bonchev–Trinajstić information content (AvgIpc) is 2.67. The lowest BCUT2D eigenvalue weighted by atomic mass is 9.72. The van der Waals surface area contributed by atoms with Crippen molar-refractivity contribution in [1.29, 1.82) is 0 Å². The van der Waals surface area contributed by atoms with Crippen molar-refractivity contribution in [1.82, 2.24) is 0 Å². The van der Waals surface area contributed by atoms with Crippen molar-refractivity contribution >= 4 is 9.84 Å². The fourth-order valence-electron chi connectivity index (χ4n) is 4.23. The summed E-state index contributed by atoms with van der Waals surface area (Å²) in [6.07, 6.45) is 10.4. The molecular weight excluding hydrogens is 392 g/mol. The summed E-state index contributed by atoms with van der Waals surface area (Å²) in [6, 6.07) is 8.74. The molecule has 0 aliphatic heterocycles. The van der Waals surface area contributed by atoms with Crippen molar-refractivity contribution in [2.24, 2.45) is 5.41 Å². The normalized spacial score (nSPS) is 18.7. The SMILES string of the molecule is CC1=C(/C(=C/C(C)=C/CC/C(C)=C/CO)S(=O)(=O)c2ccccc2)C(C)(C)CCC1. The minimum absolute atomic E-state index is 0.0520. The second kappa shape index (κ2) is 10.4. The first kappa shape index (κ1) is 24.4. The van der Waals surface area contributed by atoms with Crippen LogP contribution < -0.4 is 0 Å². The standard InChI is InChI=1S/C26H36O3S/c1-20(16-18-27)11-9-12-21(2)19-24(25-22(3)13-10-17-26(25,4)5)30(28,29)23-14-7-6-8-15-23/h6-8,12,14-16,19,27H,9-11,13,17-18H2,1-5H3/b20-16+,21-12+,24-19-. The van der Waals surface area contributed by atoms with Crippen LogP contribution in [-0.2, 0) is 9.84 Å². The monoisotopic (exact) mass is 428 g/mol. The second-order valence-electron chi connectivity index (χ2n) is 8.94. The van der Waals surface area contributed by atoms with Gasteiger partial charge in [-0.25, -0.2) is 8.42 Å². The van der Waals surface area contributed by atoms with E-state index < -0.39 is 9.84 Å². The van der Waals surface area contributed by atoms with Crippen LogP contribution >= 0.6 is 0 Å². The first-order chi connectivity index (χ1) is 14.1. The largest absolute Gasteiger partial charge is 0.392 e. The maximum Gasteiger partial charge on any atom is 0.206 e. The van der Waals surface area contributed by atoms with Crippen LogP contribution in [0.5, 0.6) is 0 Å². The van der Waals surface area contributed by atoms with Crippen LogP contribution in [0.2, 0.25) is 0 Å². The van der Waals surface area contributed by atoms with Crippen molar-refractivity contribution in [3.8, 4) is 0 Å². The van der Waals surface area contributed by atoms with Crippen LogP contribution in [0, 0.1) is 5.41 Å². The van der Waals surface area contributed by atoms with Gasteiger partial charge in [0.15, 0.2) is 0 Å². The van der Waals surface area contributed by atoms with E-state index in [1.165, 1.54) is 5.57 Å². The third kappa shape index (κ3) is 6.05. The van der Waals surface area contributed by atoms with Gasteiger partial charge in [0.05, 0.1) is 16.4 Å². The molecule has 4 heteroatoms. The number of rotatable bonds is 8. The first-order valence-corrected chi connectivity index (χ1v) is 12.2. The van der Waals surface area contributed by atoms with Gasteiger partial charge in [0, 0.05) is 0 Å². The molecule has 0 saturated heterocycles. The van der Waals surface area contributed by atoms with E-state index in [0.29, 0.717) is 9.80 Å². The number of sulfone groups is 1.